The molecule has 3 fully saturated rings. The number of anilines is 1. The van der Waals surface area contributed by atoms with Crippen LogP contribution in [0.4, 0.5) is 5.69 Å². The number of nitrogens with zero attached hydrogens (tertiary/aromatic N) is 2. The number of carbonyl (C=O) groups excluding carboxylic acids is 3. The van der Waals surface area contributed by atoms with Crippen molar-refractivity contribution in [3.8, 4) is 5.75 Å². The molecule has 2 amide bonds. The Kier molecular flexibility index (Phi) is 9.15. The van der Waals surface area contributed by atoms with Gasteiger partial charge in [-0.15, -0.1) is 6.58 Å². The highest BCUT2D eigenvalue weighted by Gasteiger charge is 2.77. The second-order valence-corrected chi connectivity index (χ2v) is 11.2. The van der Waals surface area contributed by atoms with E-state index < -0.39 is 35.6 Å². The molecule has 0 aliphatic carbocycles. The lowest BCUT2D eigenvalue weighted by atomic mass is 9.70. The molecule has 1 aromatic carbocycles. The maximum atomic E-state index is 14.4. The van der Waals surface area contributed by atoms with Crippen molar-refractivity contribution in [3.05, 3.63) is 36.9 Å². The number of rotatable bonds is 13. The number of fused-ring (bicyclic) bond motifs is 1. The Bertz CT molecular complexity index is 1030. The SMILES string of the molecule is C=CCN(C(=O)[C@@H]1N(CCCCCCO)C(=O)[C@H]2[C@H](C(=O)OCC)[C@H]3O[C@@]12CC3Br)c1ccc(OC)cc1. The second-order valence-electron chi connectivity index (χ2n) is 10.0. The van der Waals surface area contributed by atoms with Gasteiger partial charge in [0, 0.05) is 30.2 Å². The third kappa shape index (κ3) is 4.98. The van der Waals surface area contributed by atoms with E-state index in [2.05, 4.69) is 22.5 Å². The summed E-state index contributed by atoms with van der Waals surface area (Å²) in [6, 6.07) is 6.26. The standard InChI is InChI=1S/C28H37BrN2O7/c1-4-14-30(18-10-12-19(36-3)13-11-18)26(34)24-28-17-20(29)23(38-28)21(27(35)37-5-2)22(28)25(33)31(24)15-8-6-7-9-16-32/h4,10-13,20-24,32H,1,5-9,14-17H2,2-3H3/t20?,21-,22+,23-,24-,28+/m0/s1. The highest BCUT2D eigenvalue weighted by molar-refractivity contribution is 9.09. The number of unbranched alkanes of at least 4 members (excludes halogenated alkanes) is 3. The molecular weight excluding hydrogens is 556 g/mol. The fourth-order valence-corrected chi connectivity index (χ4v) is 7.21. The van der Waals surface area contributed by atoms with E-state index in [1.807, 2.05) is 0 Å². The Labute approximate surface area is 232 Å². The molecule has 3 aliphatic rings. The predicted molar refractivity (Wildman–Crippen MR) is 145 cm³/mol. The number of aliphatic hydroxyl groups is 1. The van der Waals surface area contributed by atoms with E-state index in [-0.39, 0.29) is 36.4 Å². The van der Waals surface area contributed by atoms with E-state index in [1.54, 1.807) is 54.2 Å². The van der Waals surface area contributed by atoms with Crippen LogP contribution in [0.15, 0.2) is 36.9 Å². The molecule has 4 rings (SSSR count). The van der Waals surface area contributed by atoms with Crippen molar-refractivity contribution >= 4 is 39.4 Å². The minimum atomic E-state index is -1.14. The Morgan fingerprint density at radius 2 is 1.97 bits per heavy atom. The van der Waals surface area contributed by atoms with Gasteiger partial charge in [0.2, 0.25) is 5.91 Å². The van der Waals surface area contributed by atoms with Crippen LogP contribution in [0, 0.1) is 11.8 Å². The van der Waals surface area contributed by atoms with E-state index in [9.17, 15) is 14.4 Å². The van der Waals surface area contributed by atoms with Crippen LogP contribution in [0.3, 0.4) is 0 Å². The zero-order chi connectivity index (χ0) is 27.4. The van der Waals surface area contributed by atoms with Crippen LogP contribution in [0.1, 0.15) is 39.0 Å². The topological polar surface area (TPSA) is 106 Å². The number of carbonyl (C=O) groups is 3. The molecule has 9 nitrogen and oxygen atoms in total. The first-order valence-electron chi connectivity index (χ1n) is 13.3. The normalized spacial score (nSPS) is 29.3. The Morgan fingerprint density at radius 3 is 2.61 bits per heavy atom. The van der Waals surface area contributed by atoms with Gasteiger partial charge < -0.3 is 29.1 Å². The third-order valence-corrected chi connectivity index (χ3v) is 8.70. The Hall–Kier alpha value is -2.43. The summed E-state index contributed by atoms with van der Waals surface area (Å²) in [5.74, 6) is -1.87. The summed E-state index contributed by atoms with van der Waals surface area (Å²) in [7, 11) is 1.58. The Morgan fingerprint density at radius 1 is 1.26 bits per heavy atom. The molecule has 38 heavy (non-hydrogen) atoms. The number of alkyl halides is 1. The highest BCUT2D eigenvalue weighted by atomic mass is 79.9. The molecule has 1 aromatic rings. The lowest BCUT2D eigenvalue weighted by Crippen LogP contribution is -2.57. The summed E-state index contributed by atoms with van der Waals surface area (Å²) in [4.78, 5) is 44.5. The van der Waals surface area contributed by atoms with E-state index >= 15 is 0 Å². The fourth-order valence-electron chi connectivity index (χ4n) is 6.27. The molecule has 10 heteroatoms. The van der Waals surface area contributed by atoms with E-state index in [0.717, 1.165) is 12.8 Å². The number of likely N-dealkylation sites (tertiary alicyclic amines) is 1. The van der Waals surface area contributed by atoms with E-state index in [0.29, 0.717) is 37.2 Å². The van der Waals surface area contributed by atoms with Crippen molar-refractivity contribution in [3.63, 3.8) is 0 Å². The maximum Gasteiger partial charge on any atom is 0.312 e. The number of methoxy groups -OCH3 is 1. The van der Waals surface area contributed by atoms with Gasteiger partial charge in [0.25, 0.3) is 5.91 Å². The molecule has 1 N–H and O–H groups in total. The van der Waals surface area contributed by atoms with E-state index in [1.165, 1.54) is 0 Å². The smallest absolute Gasteiger partial charge is 0.312 e. The van der Waals surface area contributed by atoms with Crippen LogP contribution in [0.25, 0.3) is 0 Å². The molecule has 3 heterocycles. The average Bonchev–Trinajstić information content (AvgIpc) is 3.50. The maximum absolute atomic E-state index is 14.4. The van der Waals surface area contributed by atoms with Crippen LogP contribution < -0.4 is 9.64 Å². The van der Waals surface area contributed by atoms with Crippen molar-refractivity contribution in [2.75, 3.05) is 38.3 Å². The molecule has 1 unspecified atom stereocenters. The van der Waals surface area contributed by atoms with Crippen molar-refractivity contribution < 1.29 is 33.7 Å². The zero-order valence-electron chi connectivity index (χ0n) is 22.0. The first kappa shape index (κ1) is 28.6. The zero-order valence-corrected chi connectivity index (χ0v) is 23.6. The van der Waals surface area contributed by atoms with Crippen LogP contribution in [-0.2, 0) is 23.9 Å². The number of benzene rings is 1. The van der Waals surface area contributed by atoms with E-state index in [4.69, 9.17) is 19.3 Å². The van der Waals surface area contributed by atoms with Crippen molar-refractivity contribution in [1.82, 2.24) is 4.90 Å². The van der Waals surface area contributed by atoms with Gasteiger partial charge in [-0.25, -0.2) is 0 Å². The summed E-state index contributed by atoms with van der Waals surface area (Å²) in [6.07, 6.45) is 4.54. The Balaban J connectivity index is 1.72. The van der Waals surface area contributed by atoms with Gasteiger partial charge in [0.15, 0.2) is 0 Å². The number of ether oxygens (including phenoxy) is 3. The number of aliphatic hydroxyl groups excluding tert-OH is 1. The molecule has 0 radical (unpaired) electrons. The van der Waals surface area contributed by atoms with Gasteiger partial charge in [-0.05, 0) is 50.5 Å². The molecular formula is C28H37BrN2O7. The highest BCUT2D eigenvalue weighted by Crippen LogP contribution is 2.60. The summed E-state index contributed by atoms with van der Waals surface area (Å²) in [6.45, 7) is 6.50. The molecule has 0 aromatic heterocycles. The van der Waals surface area contributed by atoms with Crippen LogP contribution in [-0.4, -0.2) is 83.8 Å². The number of esters is 1. The van der Waals surface area contributed by atoms with Crippen LogP contribution in [0.2, 0.25) is 0 Å². The molecule has 6 atom stereocenters. The predicted octanol–water partition coefficient (Wildman–Crippen LogP) is 3.08. The van der Waals surface area contributed by atoms with Gasteiger partial charge in [0.1, 0.15) is 17.4 Å². The minimum Gasteiger partial charge on any atom is -0.497 e. The lowest BCUT2D eigenvalue weighted by molar-refractivity contribution is -0.154. The molecule has 208 valence electrons. The first-order valence-corrected chi connectivity index (χ1v) is 14.2. The first-order chi connectivity index (χ1) is 18.3. The summed E-state index contributed by atoms with van der Waals surface area (Å²) >= 11 is 3.67. The molecule has 3 saturated heterocycles. The number of hydrogen-bond donors (Lipinski definition) is 1. The molecule has 1 spiro atoms. The summed E-state index contributed by atoms with van der Waals surface area (Å²) in [5.41, 5.74) is -0.489. The third-order valence-electron chi connectivity index (χ3n) is 7.85. The number of halogens is 1. The lowest BCUT2D eigenvalue weighted by Gasteiger charge is -2.37. The molecule has 0 saturated carbocycles. The molecule has 2 bridgehead atoms. The van der Waals surface area contributed by atoms with Crippen LogP contribution in [0.5, 0.6) is 5.75 Å². The van der Waals surface area contributed by atoms with Crippen molar-refractivity contribution in [1.29, 1.82) is 0 Å². The van der Waals surface area contributed by atoms with Gasteiger partial charge in [0.05, 0.1) is 31.7 Å². The quantitative estimate of drug-likeness (QED) is 0.162. The second kappa shape index (κ2) is 12.2. The minimum absolute atomic E-state index is 0.121. The monoisotopic (exact) mass is 592 g/mol. The fraction of sp³-hybridized carbons (Fsp3) is 0.607. The van der Waals surface area contributed by atoms with Crippen molar-refractivity contribution in [2.24, 2.45) is 11.8 Å². The average molecular weight is 594 g/mol. The molecule has 3 aliphatic heterocycles. The number of hydrogen-bond acceptors (Lipinski definition) is 7. The van der Waals surface area contributed by atoms with Gasteiger partial charge in [-0.2, -0.15) is 0 Å². The van der Waals surface area contributed by atoms with Gasteiger partial charge in [-0.3, -0.25) is 14.4 Å². The van der Waals surface area contributed by atoms with Crippen LogP contribution >= 0.6 is 15.9 Å². The summed E-state index contributed by atoms with van der Waals surface area (Å²) in [5, 5.41) is 9.12. The van der Waals surface area contributed by atoms with Gasteiger partial charge >= 0.3 is 5.97 Å². The number of amides is 2. The van der Waals surface area contributed by atoms with Gasteiger partial charge in [-0.1, -0.05) is 34.8 Å². The largest absolute Gasteiger partial charge is 0.497 e. The van der Waals surface area contributed by atoms with Crippen molar-refractivity contribution in [2.45, 2.75) is 61.6 Å². The summed E-state index contributed by atoms with van der Waals surface area (Å²) < 4.78 is 17.2.